The highest BCUT2D eigenvalue weighted by Crippen LogP contribution is 2.35. The minimum atomic E-state index is -3.61. The van der Waals surface area contributed by atoms with E-state index in [1.807, 2.05) is 0 Å². The Labute approximate surface area is 161 Å². The molecule has 0 saturated heterocycles. The summed E-state index contributed by atoms with van der Waals surface area (Å²) < 4.78 is 36.2. The highest BCUT2D eigenvalue weighted by molar-refractivity contribution is 7.92. The highest BCUT2D eigenvalue weighted by Gasteiger charge is 2.19. The molecule has 2 aromatic rings. The number of ether oxygens (including phenoxy) is 2. The lowest BCUT2D eigenvalue weighted by Gasteiger charge is -2.17. The van der Waals surface area contributed by atoms with E-state index in [9.17, 15) is 23.1 Å². The summed E-state index contributed by atoms with van der Waals surface area (Å²) in [5.41, 5.74) is -0.259. The number of carbonyl (C=O) groups is 2. The average Bonchev–Trinajstić information content (AvgIpc) is 2.84. The fourth-order valence-electron chi connectivity index (χ4n) is 2.64. The van der Waals surface area contributed by atoms with Crippen molar-refractivity contribution in [1.29, 1.82) is 0 Å². The van der Waals surface area contributed by atoms with Crippen LogP contribution in [-0.2, 0) is 10.0 Å². The maximum atomic E-state index is 12.7. The van der Waals surface area contributed by atoms with E-state index in [-0.39, 0.29) is 28.3 Å². The Hall–Kier alpha value is -3.27. The molecule has 2 N–H and O–H groups in total. The van der Waals surface area contributed by atoms with Gasteiger partial charge in [0.05, 0.1) is 42.4 Å². The summed E-state index contributed by atoms with van der Waals surface area (Å²) in [5.74, 6) is -1.67. The molecule has 0 aliphatic carbocycles. The number of carboxylic acids is 1. The Bertz CT molecular complexity index is 1030. The molecule has 1 aliphatic rings. The predicted molar refractivity (Wildman–Crippen MR) is 99.2 cm³/mol. The van der Waals surface area contributed by atoms with Gasteiger partial charge in [0.2, 0.25) is 10.0 Å². The number of amides is 1. The fraction of sp³-hybridized carbons (Fsp3) is 0.222. The summed E-state index contributed by atoms with van der Waals surface area (Å²) >= 11 is 0. The normalized spacial score (nSPS) is 13.3. The summed E-state index contributed by atoms with van der Waals surface area (Å²) in [6.07, 6.45) is 1.58. The second-order valence-electron chi connectivity index (χ2n) is 6.06. The molecule has 28 heavy (non-hydrogen) atoms. The Morgan fingerprint density at radius 1 is 1.00 bits per heavy atom. The zero-order chi connectivity index (χ0) is 20.3. The first-order valence-corrected chi connectivity index (χ1v) is 10.2. The number of carboxylic acid groups (broad SMARTS) is 1. The van der Waals surface area contributed by atoms with Gasteiger partial charge in [-0.05, 0) is 18.2 Å². The first kappa shape index (κ1) is 19.5. The van der Waals surface area contributed by atoms with Crippen LogP contribution in [0.25, 0.3) is 0 Å². The van der Waals surface area contributed by atoms with Crippen LogP contribution in [0.3, 0.4) is 0 Å². The Balaban J connectivity index is 1.97. The van der Waals surface area contributed by atoms with E-state index >= 15 is 0 Å². The smallest absolute Gasteiger partial charge is 0.257 e. The van der Waals surface area contributed by atoms with Crippen molar-refractivity contribution in [3.63, 3.8) is 0 Å². The number of fused-ring (bicyclic) bond motifs is 1. The molecular weight excluding hydrogens is 388 g/mol. The van der Waals surface area contributed by atoms with Crippen LogP contribution in [0.1, 0.15) is 27.1 Å². The quantitative estimate of drug-likeness (QED) is 0.753. The Morgan fingerprint density at radius 3 is 2.29 bits per heavy atom. The first-order chi connectivity index (χ1) is 13.2. The number of benzene rings is 2. The van der Waals surface area contributed by atoms with Crippen molar-refractivity contribution in [1.82, 2.24) is 0 Å². The van der Waals surface area contributed by atoms with Gasteiger partial charge in [0.15, 0.2) is 11.5 Å². The standard InChI is InChI=1S/C18H18N2O7S/c1-28(24,25)20-13-6-3-2-5-11(13)17(21)19-14-10-16-15(9-12(14)18(22)23)26-7-4-8-27-16/h2-3,5-6,9-10,20H,4,7-8H2,1H3,(H,19,21)(H,22,23)/p-1. The van der Waals surface area contributed by atoms with Crippen molar-refractivity contribution >= 4 is 33.3 Å². The summed E-state index contributed by atoms with van der Waals surface area (Å²) in [7, 11) is -3.61. The van der Waals surface area contributed by atoms with Gasteiger partial charge in [-0.2, -0.15) is 0 Å². The van der Waals surface area contributed by atoms with Gasteiger partial charge in [-0.25, -0.2) is 8.42 Å². The van der Waals surface area contributed by atoms with E-state index in [4.69, 9.17) is 9.47 Å². The number of hydrogen-bond donors (Lipinski definition) is 2. The molecule has 10 heteroatoms. The number of rotatable bonds is 5. The van der Waals surface area contributed by atoms with Gasteiger partial charge < -0.3 is 24.7 Å². The minimum Gasteiger partial charge on any atom is -0.545 e. The second-order valence-corrected chi connectivity index (χ2v) is 7.80. The number of aromatic carboxylic acids is 1. The van der Waals surface area contributed by atoms with Gasteiger partial charge in [0.25, 0.3) is 5.91 Å². The van der Waals surface area contributed by atoms with Gasteiger partial charge >= 0.3 is 0 Å². The average molecular weight is 405 g/mol. The molecule has 148 valence electrons. The predicted octanol–water partition coefficient (Wildman–Crippen LogP) is 0.835. The molecular formula is C18H17N2O7S-. The monoisotopic (exact) mass is 405 g/mol. The minimum absolute atomic E-state index is 0.0179. The number of hydrogen-bond acceptors (Lipinski definition) is 7. The van der Waals surface area contributed by atoms with E-state index in [2.05, 4.69) is 10.0 Å². The van der Waals surface area contributed by atoms with E-state index in [0.717, 1.165) is 6.26 Å². The summed E-state index contributed by atoms with van der Waals surface area (Å²) in [6, 6.07) is 8.51. The van der Waals surface area contributed by atoms with Crippen LogP contribution in [0.5, 0.6) is 11.5 Å². The van der Waals surface area contributed by atoms with Crippen LogP contribution in [-0.4, -0.2) is 39.8 Å². The van der Waals surface area contributed by atoms with Crippen molar-refractivity contribution in [2.24, 2.45) is 0 Å². The third-order valence-corrected chi connectivity index (χ3v) is 4.41. The number of para-hydroxylation sites is 1. The van der Waals surface area contributed by atoms with Crippen LogP contribution >= 0.6 is 0 Å². The lowest BCUT2D eigenvalue weighted by atomic mass is 10.1. The van der Waals surface area contributed by atoms with Crippen LogP contribution in [0, 0.1) is 0 Å². The summed E-state index contributed by atoms with van der Waals surface area (Å²) in [4.78, 5) is 24.2. The second kappa shape index (κ2) is 7.77. The van der Waals surface area contributed by atoms with Crippen LogP contribution in [0.2, 0.25) is 0 Å². The van der Waals surface area contributed by atoms with Crippen molar-refractivity contribution in [3.8, 4) is 11.5 Å². The third kappa shape index (κ3) is 4.52. The molecule has 3 rings (SSSR count). The van der Waals surface area contributed by atoms with Crippen molar-refractivity contribution in [2.45, 2.75) is 6.42 Å². The van der Waals surface area contributed by atoms with Crippen molar-refractivity contribution < 1.29 is 32.6 Å². The lowest BCUT2D eigenvalue weighted by Crippen LogP contribution is -2.25. The molecule has 0 unspecified atom stereocenters. The van der Waals surface area contributed by atoms with Gasteiger partial charge in [-0.3, -0.25) is 9.52 Å². The zero-order valence-electron chi connectivity index (χ0n) is 14.9. The van der Waals surface area contributed by atoms with Crippen LogP contribution in [0.15, 0.2) is 36.4 Å². The molecule has 9 nitrogen and oxygen atoms in total. The lowest BCUT2D eigenvalue weighted by molar-refractivity contribution is -0.254. The molecule has 2 aromatic carbocycles. The largest absolute Gasteiger partial charge is 0.545 e. The zero-order valence-corrected chi connectivity index (χ0v) is 15.7. The first-order valence-electron chi connectivity index (χ1n) is 8.28. The van der Waals surface area contributed by atoms with E-state index in [1.165, 1.54) is 24.3 Å². The van der Waals surface area contributed by atoms with Crippen LogP contribution < -0.4 is 24.6 Å². The molecule has 1 heterocycles. The molecule has 1 aliphatic heterocycles. The molecule has 0 saturated carbocycles. The van der Waals surface area contributed by atoms with E-state index in [1.54, 1.807) is 12.1 Å². The fourth-order valence-corrected chi connectivity index (χ4v) is 3.22. The maximum Gasteiger partial charge on any atom is 0.257 e. The summed E-state index contributed by atoms with van der Waals surface area (Å²) in [5, 5.41) is 14.0. The topological polar surface area (TPSA) is 134 Å². The third-order valence-electron chi connectivity index (χ3n) is 3.82. The Morgan fingerprint density at radius 2 is 1.64 bits per heavy atom. The molecule has 0 radical (unpaired) electrons. The summed E-state index contributed by atoms with van der Waals surface area (Å²) in [6.45, 7) is 0.752. The molecule has 0 spiro atoms. The number of carbonyl (C=O) groups excluding carboxylic acids is 2. The number of anilines is 2. The molecule has 0 fully saturated rings. The molecule has 0 atom stereocenters. The molecule has 1 amide bonds. The number of nitrogens with one attached hydrogen (secondary N) is 2. The highest BCUT2D eigenvalue weighted by atomic mass is 32.2. The van der Waals surface area contributed by atoms with E-state index < -0.39 is 21.9 Å². The van der Waals surface area contributed by atoms with Gasteiger partial charge in [0, 0.05) is 18.1 Å². The van der Waals surface area contributed by atoms with Gasteiger partial charge in [-0.1, -0.05) is 12.1 Å². The van der Waals surface area contributed by atoms with Crippen LogP contribution in [0.4, 0.5) is 11.4 Å². The molecule has 0 aromatic heterocycles. The Kier molecular flexibility index (Phi) is 5.41. The van der Waals surface area contributed by atoms with Crippen molar-refractivity contribution in [3.05, 3.63) is 47.5 Å². The van der Waals surface area contributed by atoms with Gasteiger partial charge in [0.1, 0.15) is 0 Å². The maximum absolute atomic E-state index is 12.7. The number of sulfonamides is 1. The molecule has 0 bridgehead atoms. The van der Waals surface area contributed by atoms with Crippen molar-refractivity contribution in [2.75, 3.05) is 29.5 Å². The van der Waals surface area contributed by atoms with Gasteiger partial charge in [-0.15, -0.1) is 0 Å². The van der Waals surface area contributed by atoms with E-state index in [0.29, 0.717) is 25.4 Å². The SMILES string of the molecule is CS(=O)(=O)Nc1ccccc1C(=O)Nc1cc2c(cc1C(=O)[O-])OCCCO2.